The Labute approximate surface area is 119 Å². The Morgan fingerprint density at radius 2 is 1.84 bits per heavy atom. The minimum absolute atomic E-state index is 0.136. The first-order valence-electron chi connectivity index (χ1n) is 6.67. The Kier molecular flexibility index (Phi) is 4.88. The molecule has 19 heavy (non-hydrogen) atoms. The molecule has 1 aromatic carbocycles. The van der Waals surface area contributed by atoms with E-state index in [0.29, 0.717) is 18.8 Å². The molecule has 1 aliphatic heterocycles. The van der Waals surface area contributed by atoms with E-state index in [1.165, 1.54) is 5.56 Å². The average molecular weight is 279 g/mol. The van der Waals surface area contributed by atoms with Crippen LogP contribution in [-0.2, 0) is 9.53 Å². The summed E-state index contributed by atoms with van der Waals surface area (Å²) in [5, 5.41) is 0. The van der Waals surface area contributed by atoms with Gasteiger partial charge in [0.25, 0.3) is 0 Å². The Balaban J connectivity index is 1.85. The molecule has 1 saturated heterocycles. The highest BCUT2D eigenvalue weighted by atomic mass is 32.2. The van der Waals surface area contributed by atoms with Crippen LogP contribution in [-0.4, -0.2) is 41.9 Å². The van der Waals surface area contributed by atoms with Crippen LogP contribution in [0.15, 0.2) is 29.2 Å². The van der Waals surface area contributed by atoms with Crippen LogP contribution in [0.1, 0.15) is 19.4 Å². The predicted molar refractivity (Wildman–Crippen MR) is 78.5 cm³/mol. The average Bonchev–Trinajstić information content (AvgIpc) is 2.36. The van der Waals surface area contributed by atoms with E-state index in [0.717, 1.165) is 4.90 Å². The number of nitrogens with zero attached hydrogens (tertiary/aromatic N) is 1. The van der Waals surface area contributed by atoms with Gasteiger partial charge in [-0.15, -0.1) is 11.8 Å². The first kappa shape index (κ1) is 14.4. The molecule has 1 amide bonds. The zero-order valence-corrected chi connectivity index (χ0v) is 12.6. The second-order valence-electron chi connectivity index (χ2n) is 5.16. The summed E-state index contributed by atoms with van der Waals surface area (Å²) in [6, 6.07) is 8.28. The van der Waals surface area contributed by atoms with E-state index in [1.807, 2.05) is 18.7 Å². The molecule has 2 rings (SSSR count). The molecule has 3 nitrogen and oxygen atoms in total. The maximum Gasteiger partial charge on any atom is 0.233 e. The Hall–Kier alpha value is -1.00. The first-order chi connectivity index (χ1) is 9.04. The number of aryl methyl sites for hydroxylation is 1. The maximum atomic E-state index is 12.2. The van der Waals surface area contributed by atoms with E-state index in [4.69, 9.17) is 4.74 Å². The minimum atomic E-state index is 0.136. The minimum Gasteiger partial charge on any atom is -0.372 e. The van der Waals surface area contributed by atoms with Crippen LogP contribution in [0.2, 0.25) is 0 Å². The third kappa shape index (κ3) is 4.25. The van der Waals surface area contributed by atoms with Gasteiger partial charge in [0, 0.05) is 18.0 Å². The zero-order chi connectivity index (χ0) is 13.8. The molecule has 0 unspecified atom stereocenters. The van der Waals surface area contributed by atoms with Crippen LogP contribution in [0, 0.1) is 6.92 Å². The molecule has 1 heterocycles. The first-order valence-corrected chi connectivity index (χ1v) is 7.66. The van der Waals surface area contributed by atoms with Crippen LogP contribution in [0.4, 0.5) is 0 Å². The molecule has 4 heteroatoms. The van der Waals surface area contributed by atoms with Crippen molar-refractivity contribution in [2.45, 2.75) is 37.9 Å². The van der Waals surface area contributed by atoms with Crippen molar-refractivity contribution >= 4 is 17.7 Å². The van der Waals surface area contributed by atoms with Gasteiger partial charge in [0.1, 0.15) is 0 Å². The van der Waals surface area contributed by atoms with Gasteiger partial charge in [0.05, 0.1) is 18.0 Å². The summed E-state index contributed by atoms with van der Waals surface area (Å²) in [5.74, 6) is 0.704. The SMILES string of the molecule is Cc1ccc(SCC(=O)N2C[C@H](C)O[C@@H](C)C2)cc1. The lowest BCUT2D eigenvalue weighted by Gasteiger charge is -2.35. The summed E-state index contributed by atoms with van der Waals surface area (Å²) in [6.07, 6.45) is 0.272. The number of amides is 1. The highest BCUT2D eigenvalue weighted by molar-refractivity contribution is 8.00. The third-order valence-electron chi connectivity index (χ3n) is 3.16. The van der Waals surface area contributed by atoms with Gasteiger partial charge >= 0.3 is 0 Å². The van der Waals surface area contributed by atoms with Crippen molar-refractivity contribution < 1.29 is 9.53 Å². The van der Waals surface area contributed by atoms with E-state index in [1.54, 1.807) is 11.8 Å². The lowest BCUT2D eigenvalue weighted by molar-refractivity contribution is -0.140. The smallest absolute Gasteiger partial charge is 0.233 e. The second kappa shape index (κ2) is 6.44. The lowest BCUT2D eigenvalue weighted by atomic mass is 10.2. The molecule has 0 N–H and O–H groups in total. The number of rotatable bonds is 3. The van der Waals surface area contributed by atoms with Crippen molar-refractivity contribution in [2.24, 2.45) is 0 Å². The number of carbonyl (C=O) groups excluding carboxylic acids is 1. The van der Waals surface area contributed by atoms with Gasteiger partial charge in [-0.05, 0) is 32.9 Å². The van der Waals surface area contributed by atoms with Crippen LogP contribution >= 0.6 is 11.8 Å². The molecule has 1 fully saturated rings. The Morgan fingerprint density at radius 1 is 1.26 bits per heavy atom. The molecule has 1 aromatic rings. The van der Waals surface area contributed by atoms with Crippen molar-refractivity contribution in [1.82, 2.24) is 4.90 Å². The molecule has 0 spiro atoms. The van der Waals surface area contributed by atoms with E-state index in [2.05, 4.69) is 31.2 Å². The number of morpholine rings is 1. The number of benzene rings is 1. The molecule has 0 bridgehead atoms. The Morgan fingerprint density at radius 3 is 2.42 bits per heavy atom. The fraction of sp³-hybridized carbons (Fsp3) is 0.533. The van der Waals surface area contributed by atoms with E-state index < -0.39 is 0 Å². The van der Waals surface area contributed by atoms with E-state index in [9.17, 15) is 4.79 Å². The van der Waals surface area contributed by atoms with Crippen molar-refractivity contribution in [2.75, 3.05) is 18.8 Å². The highest BCUT2D eigenvalue weighted by Crippen LogP contribution is 2.20. The molecule has 2 atom stereocenters. The largest absolute Gasteiger partial charge is 0.372 e. The van der Waals surface area contributed by atoms with Gasteiger partial charge in [0.15, 0.2) is 0 Å². The van der Waals surface area contributed by atoms with Gasteiger partial charge < -0.3 is 9.64 Å². The van der Waals surface area contributed by atoms with Gasteiger partial charge in [-0.1, -0.05) is 17.7 Å². The van der Waals surface area contributed by atoms with Crippen LogP contribution < -0.4 is 0 Å². The van der Waals surface area contributed by atoms with E-state index >= 15 is 0 Å². The normalized spacial score (nSPS) is 23.4. The quantitative estimate of drug-likeness (QED) is 0.797. The molecule has 0 radical (unpaired) electrons. The molecule has 0 saturated carbocycles. The number of ether oxygens (including phenoxy) is 1. The topological polar surface area (TPSA) is 29.5 Å². The van der Waals surface area contributed by atoms with Crippen molar-refractivity contribution in [3.05, 3.63) is 29.8 Å². The van der Waals surface area contributed by atoms with Crippen molar-refractivity contribution in [3.63, 3.8) is 0 Å². The molecular formula is C15H21NO2S. The molecular weight excluding hydrogens is 258 g/mol. The van der Waals surface area contributed by atoms with Crippen LogP contribution in [0.25, 0.3) is 0 Å². The standard InChI is InChI=1S/C15H21NO2S/c1-11-4-6-14(7-5-11)19-10-15(17)16-8-12(2)18-13(3)9-16/h4-7,12-13H,8-10H2,1-3H3/t12-,13-/m0/s1. The van der Waals surface area contributed by atoms with Gasteiger partial charge in [0.2, 0.25) is 5.91 Å². The number of carbonyl (C=O) groups is 1. The monoisotopic (exact) mass is 279 g/mol. The van der Waals surface area contributed by atoms with Crippen LogP contribution in [0.5, 0.6) is 0 Å². The molecule has 0 aliphatic carbocycles. The highest BCUT2D eigenvalue weighted by Gasteiger charge is 2.25. The number of hydrogen-bond donors (Lipinski definition) is 0. The summed E-state index contributed by atoms with van der Waals surface area (Å²) in [4.78, 5) is 15.2. The molecule has 104 valence electrons. The summed E-state index contributed by atoms with van der Waals surface area (Å²) in [6.45, 7) is 7.51. The van der Waals surface area contributed by atoms with Crippen molar-refractivity contribution in [1.29, 1.82) is 0 Å². The van der Waals surface area contributed by atoms with Gasteiger partial charge in [-0.3, -0.25) is 4.79 Å². The maximum absolute atomic E-state index is 12.2. The lowest BCUT2D eigenvalue weighted by Crippen LogP contribution is -2.48. The summed E-state index contributed by atoms with van der Waals surface area (Å²) < 4.78 is 5.64. The fourth-order valence-electron chi connectivity index (χ4n) is 2.25. The van der Waals surface area contributed by atoms with Gasteiger partial charge in [-0.25, -0.2) is 0 Å². The number of thioether (sulfide) groups is 1. The number of hydrogen-bond acceptors (Lipinski definition) is 3. The van der Waals surface area contributed by atoms with Crippen molar-refractivity contribution in [3.8, 4) is 0 Å². The second-order valence-corrected chi connectivity index (χ2v) is 6.21. The fourth-order valence-corrected chi connectivity index (χ4v) is 3.05. The predicted octanol–water partition coefficient (Wildman–Crippen LogP) is 2.72. The summed E-state index contributed by atoms with van der Waals surface area (Å²) in [7, 11) is 0. The molecule has 0 aromatic heterocycles. The summed E-state index contributed by atoms with van der Waals surface area (Å²) in [5.41, 5.74) is 1.24. The third-order valence-corrected chi connectivity index (χ3v) is 4.15. The molecule has 1 aliphatic rings. The van der Waals surface area contributed by atoms with Crippen LogP contribution in [0.3, 0.4) is 0 Å². The zero-order valence-electron chi connectivity index (χ0n) is 11.8. The Bertz CT molecular complexity index is 422. The van der Waals surface area contributed by atoms with Gasteiger partial charge in [-0.2, -0.15) is 0 Å². The summed E-state index contributed by atoms with van der Waals surface area (Å²) >= 11 is 1.60. The van der Waals surface area contributed by atoms with E-state index in [-0.39, 0.29) is 18.1 Å².